The largest absolute Gasteiger partial charge is 0.452 e. The molecule has 3 amide bonds. The predicted molar refractivity (Wildman–Crippen MR) is 120 cm³/mol. The molecule has 1 fully saturated rings. The second kappa shape index (κ2) is 9.14. The number of fused-ring (bicyclic) bond motifs is 1. The smallest absolute Gasteiger partial charge is 0.338 e. The molecule has 0 unspecified atom stereocenters. The zero-order chi connectivity index (χ0) is 22.8. The van der Waals surface area contributed by atoms with E-state index in [1.807, 2.05) is 12.2 Å². The molecule has 164 valence electrons. The van der Waals surface area contributed by atoms with Gasteiger partial charge in [0.2, 0.25) is 11.8 Å². The Morgan fingerprint density at radius 1 is 1.00 bits per heavy atom. The molecule has 0 saturated carbocycles. The van der Waals surface area contributed by atoms with Gasteiger partial charge in [-0.1, -0.05) is 41.4 Å². The van der Waals surface area contributed by atoms with Gasteiger partial charge in [0.05, 0.1) is 33.8 Å². The number of esters is 1. The third-order valence-electron chi connectivity index (χ3n) is 5.38. The molecule has 1 heterocycles. The highest BCUT2D eigenvalue weighted by molar-refractivity contribution is 6.35. The maximum Gasteiger partial charge on any atom is 0.338 e. The summed E-state index contributed by atoms with van der Waals surface area (Å²) in [7, 11) is 0. The zero-order valence-corrected chi connectivity index (χ0v) is 18.2. The Labute approximate surface area is 193 Å². The lowest BCUT2D eigenvalue weighted by atomic mass is 9.85. The van der Waals surface area contributed by atoms with Crippen molar-refractivity contribution in [2.45, 2.75) is 12.8 Å². The topological polar surface area (TPSA) is 92.8 Å². The van der Waals surface area contributed by atoms with Crippen LogP contribution in [0.4, 0.5) is 11.4 Å². The fourth-order valence-electron chi connectivity index (χ4n) is 3.82. The van der Waals surface area contributed by atoms with Gasteiger partial charge in [-0.25, -0.2) is 4.79 Å². The summed E-state index contributed by atoms with van der Waals surface area (Å²) >= 11 is 11.9. The number of nitrogens with one attached hydrogen (secondary N) is 1. The molecule has 0 radical (unpaired) electrons. The Morgan fingerprint density at radius 2 is 1.69 bits per heavy atom. The van der Waals surface area contributed by atoms with Crippen LogP contribution in [-0.4, -0.2) is 30.3 Å². The van der Waals surface area contributed by atoms with E-state index in [9.17, 15) is 19.2 Å². The molecular formula is C23H18Cl2N2O5. The summed E-state index contributed by atoms with van der Waals surface area (Å²) in [4.78, 5) is 51.2. The van der Waals surface area contributed by atoms with Gasteiger partial charge in [-0.05, 0) is 49.2 Å². The molecule has 1 saturated heterocycles. The molecule has 4 rings (SSSR count). The van der Waals surface area contributed by atoms with Crippen LogP contribution in [0.1, 0.15) is 23.2 Å². The molecule has 0 bridgehead atoms. The number of carbonyl (C=O) groups is 4. The van der Waals surface area contributed by atoms with Gasteiger partial charge in [-0.2, -0.15) is 0 Å². The monoisotopic (exact) mass is 472 g/mol. The van der Waals surface area contributed by atoms with Crippen molar-refractivity contribution in [1.29, 1.82) is 0 Å². The van der Waals surface area contributed by atoms with E-state index in [-0.39, 0.29) is 34.2 Å². The van der Waals surface area contributed by atoms with E-state index in [1.54, 1.807) is 18.2 Å². The van der Waals surface area contributed by atoms with Gasteiger partial charge in [0, 0.05) is 5.02 Å². The Hall–Kier alpha value is -3.16. The van der Waals surface area contributed by atoms with Gasteiger partial charge in [0.15, 0.2) is 6.61 Å². The van der Waals surface area contributed by atoms with Crippen LogP contribution in [0.3, 0.4) is 0 Å². The molecule has 2 aromatic carbocycles. The molecule has 1 N–H and O–H groups in total. The number of imide groups is 1. The molecule has 2 aromatic rings. The number of benzene rings is 2. The summed E-state index contributed by atoms with van der Waals surface area (Å²) in [6.07, 6.45) is 4.87. The second-order valence-electron chi connectivity index (χ2n) is 7.47. The van der Waals surface area contributed by atoms with Gasteiger partial charge in [-0.3, -0.25) is 19.3 Å². The molecule has 7 nitrogen and oxygen atoms in total. The third-order valence-corrected chi connectivity index (χ3v) is 5.95. The molecule has 32 heavy (non-hydrogen) atoms. The SMILES string of the molecule is O=C(COC(=O)c1cccc(N2C(=O)[C@H]3CC=CC[C@@H]3C2=O)c1)Nc1cc(Cl)ccc1Cl. The Morgan fingerprint density at radius 3 is 2.38 bits per heavy atom. The van der Waals surface area contributed by atoms with Crippen molar-refractivity contribution in [3.05, 3.63) is 70.2 Å². The molecule has 2 aliphatic rings. The fourth-order valence-corrected chi connectivity index (χ4v) is 4.16. The third kappa shape index (κ3) is 4.40. The van der Waals surface area contributed by atoms with Gasteiger partial charge in [-0.15, -0.1) is 0 Å². The minimum atomic E-state index is -0.766. The lowest BCUT2D eigenvalue weighted by Crippen LogP contribution is -2.31. The summed E-state index contributed by atoms with van der Waals surface area (Å²) in [5, 5.41) is 3.20. The average Bonchev–Trinajstić information content (AvgIpc) is 3.05. The number of hydrogen-bond donors (Lipinski definition) is 1. The average molecular weight is 473 g/mol. The van der Waals surface area contributed by atoms with E-state index in [0.717, 1.165) is 4.90 Å². The van der Waals surface area contributed by atoms with Crippen LogP contribution < -0.4 is 10.2 Å². The van der Waals surface area contributed by atoms with Crippen LogP contribution in [0.15, 0.2) is 54.6 Å². The first kappa shape index (κ1) is 22.0. The van der Waals surface area contributed by atoms with Gasteiger partial charge < -0.3 is 10.1 Å². The van der Waals surface area contributed by atoms with E-state index in [0.29, 0.717) is 29.2 Å². The second-order valence-corrected chi connectivity index (χ2v) is 8.31. The van der Waals surface area contributed by atoms with Crippen molar-refractivity contribution in [3.63, 3.8) is 0 Å². The highest BCUT2D eigenvalue weighted by atomic mass is 35.5. The van der Waals surface area contributed by atoms with Crippen LogP contribution in [-0.2, 0) is 19.1 Å². The Bertz CT molecular complexity index is 1120. The normalized spacial score (nSPS) is 19.6. The maximum absolute atomic E-state index is 12.8. The Balaban J connectivity index is 1.41. The highest BCUT2D eigenvalue weighted by Crippen LogP contribution is 2.37. The lowest BCUT2D eigenvalue weighted by molar-refractivity contribution is -0.122. The maximum atomic E-state index is 12.8. The number of ether oxygens (including phenoxy) is 1. The van der Waals surface area contributed by atoms with Crippen molar-refractivity contribution >= 4 is 58.3 Å². The van der Waals surface area contributed by atoms with Crippen LogP contribution in [0.5, 0.6) is 0 Å². The molecule has 2 atom stereocenters. The summed E-state index contributed by atoms with van der Waals surface area (Å²) in [6, 6.07) is 10.6. The number of allylic oxidation sites excluding steroid dienone is 2. The lowest BCUT2D eigenvalue weighted by Gasteiger charge is -2.15. The summed E-state index contributed by atoms with van der Waals surface area (Å²) in [6.45, 7) is -0.552. The van der Waals surface area contributed by atoms with Gasteiger partial charge in [0.1, 0.15) is 0 Å². The van der Waals surface area contributed by atoms with E-state index in [2.05, 4.69) is 5.32 Å². The summed E-state index contributed by atoms with van der Waals surface area (Å²) in [5.41, 5.74) is 0.716. The molecule has 0 spiro atoms. The zero-order valence-electron chi connectivity index (χ0n) is 16.7. The van der Waals surface area contributed by atoms with Gasteiger partial charge in [0.25, 0.3) is 5.91 Å². The fraction of sp³-hybridized carbons (Fsp3) is 0.217. The number of hydrogen-bond acceptors (Lipinski definition) is 5. The number of rotatable bonds is 5. The predicted octanol–water partition coefficient (Wildman–Crippen LogP) is 4.24. The number of nitrogens with zero attached hydrogens (tertiary/aromatic N) is 1. The number of halogens is 2. The van der Waals surface area contributed by atoms with E-state index in [4.69, 9.17) is 27.9 Å². The highest BCUT2D eigenvalue weighted by Gasteiger charge is 2.47. The first-order valence-electron chi connectivity index (χ1n) is 9.90. The van der Waals surface area contributed by atoms with Crippen LogP contribution in [0.25, 0.3) is 0 Å². The molecule has 0 aromatic heterocycles. The van der Waals surface area contributed by atoms with Crippen molar-refractivity contribution in [1.82, 2.24) is 0 Å². The van der Waals surface area contributed by atoms with Crippen molar-refractivity contribution in [3.8, 4) is 0 Å². The molecular weight excluding hydrogens is 455 g/mol. The quantitative estimate of drug-likeness (QED) is 0.398. The van der Waals surface area contributed by atoms with Crippen LogP contribution in [0, 0.1) is 11.8 Å². The molecule has 1 aliphatic carbocycles. The number of amides is 3. The molecule has 9 heteroatoms. The van der Waals surface area contributed by atoms with E-state index >= 15 is 0 Å². The van der Waals surface area contributed by atoms with Crippen LogP contribution >= 0.6 is 23.2 Å². The standard InChI is InChI=1S/C23H18Cl2N2O5/c24-14-8-9-18(25)19(11-14)26-20(28)12-32-23(31)13-4-3-5-15(10-13)27-21(29)16-6-1-2-7-17(16)22(27)30/h1-5,8-11,16-17H,6-7,12H2,(H,26,28)/t16-,17-/m0/s1. The van der Waals surface area contributed by atoms with Crippen molar-refractivity contribution in [2.75, 3.05) is 16.8 Å². The van der Waals surface area contributed by atoms with E-state index < -0.39 is 18.5 Å². The first-order valence-corrected chi connectivity index (χ1v) is 10.7. The van der Waals surface area contributed by atoms with E-state index in [1.165, 1.54) is 24.3 Å². The molecule has 1 aliphatic heterocycles. The first-order chi connectivity index (χ1) is 15.3. The summed E-state index contributed by atoms with van der Waals surface area (Å²) < 4.78 is 5.07. The minimum absolute atomic E-state index is 0.115. The summed E-state index contributed by atoms with van der Waals surface area (Å²) in [5.74, 6) is -2.65. The minimum Gasteiger partial charge on any atom is -0.452 e. The number of anilines is 2. The van der Waals surface area contributed by atoms with Gasteiger partial charge >= 0.3 is 5.97 Å². The van der Waals surface area contributed by atoms with Crippen molar-refractivity contribution < 1.29 is 23.9 Å². The number of carbonyl (C=O) groups excluding carboxylic acids is 4. The van der Waals surface area contributed by atoms with Crippen LogP contribution in [0.2, 0.25) is 10.0 Å². The van der Waals surface area contributed by atoms with Crippen molar-refractivity contribution in [2.24, 2.45) is 11.8 Å². The Kier molecular flexibility index (Phi) is 6.30.